The largest absolute Gasteiger partial charge is 0.460 e. The van der Waals surface area contributed by atoms with Crippen LogP contribution in [0, 0.1) is 23.7 Å². The molecule has 1 aliphatic heterocycles. The van der Waals surface area contributed by atoms with Crippen molar-refractivity contribution in [1.82, 2.24) is 60.0 Å². The number of carbonyl (C=O) groups excluding carboxylic acids is 10. The maximum absolute atomic E-state index is 15.1. The Labute approximate surface area is 524 Å². The number of nitrogens with zero attached hydrogens (tertiary/aromatic N) is 12. The van der Waals surface area contributed by atoms with E-state index in [1.807, 2.05) is 55.4 Å². The average Bonchev–Trinajstić information content (AvgIpc) is 2.07. The summed E-state index contributed by atoms with van der Waals surface area (Å²) < 4.78 is 36.9. The summed E-state index contributed by atoms with van der Waals surface area (Å²) in [7, 11) is 5.37. The second-order valence-electron chi connectivity index (χ2n) is 24.2. The lowest BCUT2D eigenvalue weighted by atomic mass is 9.99. The van der Waals surface area contributed by atoms with Crippen LogP contribution in [0.15, 0.2) is 48.5 Å². The third-order valence-corrected chi connectivity index (χ3v) is 15.0. The van der Waals surface area contributed by atoms with Gasteiger partial charge in [0, 0.05) is 41.0 Å². The highest BCUT2D eigenvalue weighted by Gasteiger charge is 2.43. The van der Waals surface area contributed by atoms with Crippen LogP contribution in [0.5, 0.6) is 0 Å². The van der Waals surface area contributed by atoms with Gasteiger partial charge in [0.05, 0.1) is 26.3 Å². The Hall–Kier alpha value is -8.72. The van der Waals surface area contributed by atoms with Crippen LogP contribution in [0.3, 0.4) is 0 Å². The summed E-state index contributed by atoms with van der Waals surface area (Å²) in [6, 6.07) is 8.03. The van der Waals surface area contributed by atoms with Crippen LogP contribution in [-0.4, -0.2) is 209 Å². The molecule has 0 unspecified atom stereocenters. The van der Waals surface area contributed by atoms with Crippen LogP contribution < -0.4 is 0 Å². The molecule has 1 saturated heterocycles. The molecule has 0 bridgehead atoms. The first kappa shape index (κ1) is 72.0. The minimum Gasteiger partial charge on any atom is -0.460 e. The summed E-state index contributed by atoms with van der Waals surface area (Å²) in [5.74, 6) is -9.90. The summed E-state index contributed by atoms with van der Waals surface area (Å²) >= 11 is 0. The van der Waals surface area contributed by atoms with Gasteiger partial charge in [0.15, 0.2) is 24.4 Å². The van der Waals surface area contributed by atoms with Gasteiger partial charge in [-0.05, 0) is 120 Å². The van der Waals surface area contributed by atoms with E-state index in [0.29, 0.717) is 22.3 Å². The van der Waals surface area contributed by atoms with E-state index in [1.165, 1.54) is 51.4 Å². The SMILES string of the molecule is CCOC(=O)c1nnnn1Cc1ccc(C[C@H]2OC(=O)[C@H](CC(C)C)N(C)C(=O)[C@@H](C)OC(=O)[C@H](CC(C)C)N(C)C(=O)[C@@H](Cc3ccc(Cn4nnnc4C(=O)OCC)cc3)OC(=O)[C@H](CC(C)C)N(C)C(=O)[C@@H](C)OC(=O)[C@H](CC(C)C)N(C)C2=O)cc1. The predicted molar refractivity (Wildman–Crippen MR) is 321 cm³/mol. The highest BCUT2D eigenvalue weighted by Crippen LogP contribution is 2.25. The smallest absolute Gasteiger partial charge is 0.378 e. The van der Waals surface area contributed by atoms with Crippen LogP contribution in [0.1, 0.15) is 152 Å². The molecule has 1 aliphatic rings. The third-order valence-electron chi connectivity index (χ3n) is 15.0. The average molecular weight is 1260 g/mol. The van der Waals surface area contributed by atoms with Crippen molar-refractivity contribution in [2.45, 2.75) is 183 Å². The van der Waals surface area contributed by atoms with Crippen molar-refractivity contribution >= 4 is 59.4 Å². The lowest BCUT2D eigenvalue weighted by Crippen LogP contribution is -2.55. The molecule has 0 aliphatic carbocycles. The minimum absolute atomic E-state index is 0.0184. The van der Waals surface area contributed by atoms with Crippen LogP contribution in [0.25, 0.3) is 0 Å². The van der Waals surface area contributed by atoms with E-state index in [4.69, 9.17) is 28.4 Å². The fraction of sp³-hybridized carbons (Fsp3) is 0.613. The number of tetrazole rings is 2. The molecule has 28 nitrogen and oxygen atoms in total. The maximum Gasteiger partial charge on any atom is 0.378 e. The first-order valence-corrected chi connectivity index (χ1v) is 30.4. The highest BCUT2D eigenvalue weighted by molar-refractivity contribution is 5.94. The number of hydrogen-bond donors (Lipinski definition) is 0. The van der Waals surface area contributed by atoms with E-state index >= 15 is 9.59 Å². The number of esters is 6. The number of carbonyl (C=O) groups is 10. The molecule has 0 radical (unpaired) electrons. The van der Waals surface area contributed by atoms with Crippen LogP contribution >= 0.6 is 0 Å². The van der Waals surface area contributed by atoms with E-state index in [1.54, 1.807) is 62.4 Å². The number of ether oxygens (including phenoxy) is 6. The number of likely N-dealkylation sites (N-methyl/N-ethyl adjacent to an activating group) is 4. The molecule has 4 amide bonds. The van der Waals surface area contributed by atoms with Gasteiger partial charge >= 0.3 is 35.8 Å². The third kappa shape index (κ3) is 19.6. The molecule has 1 fully saturated rings. The first-order valence-electron chi connectivity index (χ1n) is 30.4. The lowest BCUT2D eigenvalue weighted by molar-refractivity contribution is -0.176. The number of cyclic esters (lactones) is 4. The monoisotopic (exact) mass is 1260 g/mol. The Bertz CT molecular complexity index is 2910. The van der Waals surface area contributed by atoms with Crippen molar-refractivity contribution in [3.05, 3.63) is 82.4 Å². The second kappa shape index (κ2) is 33.2. The Morgan fingerprint density at radius 2 is 0.700 bits per heavy atom. The van der Waals surface area contributed by atoms with Gasteiger partial charge in [-0.25, -0.2) is 38.1 Å². The number of rotatable bonds is 20. The minimum atomic E-state index is -1.64. The molecular formula is C62H88N12O16. The second-order valence-corrected chi connectivity index (χ2v) is 24.2. The molecule has 0 N–H and O–H groups in total. The summed E-state index contributed by atoms with van der Waals surface area (Å²) in [5.41, 5.74) is 2.27. The summed E-state index contributed by atoms with van der Waals surface area (Å²) in [6.07, 6.45) is -6.80. The number of amides is 4. The Morgan fingerprint density at radius 3 is 0.978 bits per heavy atom. The zero-order valence-electron chi connectivity index (χ0n) is 54.5. The van der Waals surface area contributed by atoms with Gasteiger partial charge in [-0.1, -0.05) is 104 Å². The maximum atomic E-state index is 15.1. The molecule has 3 heterocycles. The zero-order valence-corrected chi connectivity index (χ0v) is 54.5. The molecule has 8 atom stereocenters. The molecule has 5 rings (SSSR count). The summed E-state index contributed by atoms with van der Waals surface area (Å²) in [6.45, 7) is 20.8. The topological polar surface area (TPSA) is 326 Å². The van der Waals surface area contributed by atoms with Gasteiger partial charge in [0.2, 0.25) is 0 Å². The fourth-order valence-corrected chi connectivity index (χ4v) is 10.1. The molecule has 28 heteroatoms. The summed E-state index contributed by atoms with van der Waals surface area (Å²) in [5, 5.41) is 22.6. The van der Waals surface area contributed by atoms with E-state index in [-0.39, 0.29) is 100 Å². The van der Waals surface area contributed by atoms with Crippen LogP contribution in [0.4, 0.5) is 0 Å². The van der Waals surface area contributed by atoms with Crippen LogP contribution in [-0.2, 0) is 92.7 Å². The molecular weight excluding hydrogens is 1170 g/mol. The van der Waals surface area contributed by atoms with E-state index in [9.17, 15) is 38.4 Å². The number of hydrogen-bond acceptors (Lipinski definition) is 22. The van der Waals surface area contributed by atoms with E-state index in [0.717, 1.165) is 19.6 Å². The van der Waals surface area contributed by atoms with Gasteiger partial charge in [-0.3, -0.25) is 19.2 Å². The zero-order chi connectivity index (χ0) is 66.8. The van der Waals surface area contributed by atoms with E-state index in [2.05, 4.69) is 31.1 Å². The van der Waals surface area contributed by atoms with Gasteiger partial charge in [-0.15, -0.1) is 10.2 Å². The van der Waals surface area contributed by atoms with Crippen molar-refractivity contribution < 1.29 is 76.4 Å². The van der Waals surface area contributed by atoms with E-state index < -0.39 is 108 Å². The quantitative estimate of drug-likeness (QED) is 0.0888. The standard InChI is InChI=1S/C62H88N12O16/c1-17-85-61(83)51-63-65-67-73(51)33-43-23-19-41(20-24-43)31-49-55(77)71(15)45(27-35(3)4)57(79)87-40(12)54(76)70(14)48(30-38(9)10)60(82)90-50(32-42-21-25-44(26-22-42)34-74-52(64-66-68-74)62(84)86-18-2)56(78)72(16)46(28-36(5)6)58(80)88-39(11)53(75)69(13)47(29-37(7)8)59(81)89-49/h19-26,35-40,45-50H,17-18,27-34H2,1-16H3/t39-,40-,45+,46+,47+,48+,49-,50-/m1/s1. The van der Waals surface area contributed by atoms with Gasteiger partial charge in [0.25, 0.3) is 35.3 Å². The molecule has 0 saturated carbocycles. The number of benzene rings is 2. The molecule has 0 spiro atoms. The van der Waals surface area contributed by atoms with Crippen molar-refractivity contribution in [2.75, 3.05) is 41.4 Å². The highest BCUT2D eigenvalue weighted by atomic mass is 16.6. The Kier molecular flexibility index (Phi) is 26.6. The molecule has 2 aromatic heterocycles. The van der Waals surface area contributed by atoms with Crippen molar-refractivity contribution in [2.24, 2.45) is 23.7 Å². The van der Waals surface area contributed by atoms with Gasteiger partial charge in [0.1, 0.15) is 24.2 Å². The van der Waals surface area contributed by atoms with Crippen molar-refractivity contribution in [3.8, 4) is 0 Å². The van der Waals surface area contributed by atoms with Crippen molar-refractivity contribution in [3.63, 3.8) is 0 Å². The van der Waals surface area contributed by atoms with Gasteiger partial charge < -0.3 is 48.0 Å². The normalized spacial score (nSPS) is 21.8. The molecule has 4 aromatic rings. The predicted octanol–water partition coefficient (Wildman–Crippen LogP) is 4.09. The summed E-state index contributed by atoms with van der Waals surface area (Å²) in [4.78, 5) is 147. The lowest BCUT2D eigenvalue weighted by Gasteiger charge is -2.35. The molecule has 2 aromatic carbocycles. The van der Waals surface area contributed by atoms with Crippen LogP contribution in [0.2, 0.25) is 0 Å². The molecule has 492 valence electrons. The Morgan fingerprint density at radius 1 is 0.433 bits per heavy atom. The first-order chi connectivity index (χ1) is 42.5. The fourth-order valence-electron chi connectivity index (χ4n) is 10.1. The van der Waals surface area contributed by atoms with Crippen molar-refractivity contribution in [1.29, 1.82) is 0 Å². The van der Waals surface area contributed by atoms with Gasteiger partial charge in [-0.2, -0.15) is 0 Å². The Balaban J connectivity index is 1.58. The molecule has 90 heavy (non-hydrogen) atoms. The number of aromatic nitrogens is 8.